The van der Waals surface area contributed by atoms with E-state index in [1.54, 1.807) is 30.5 Å². The van der Waals surface area contributed by atoms with Crippen molar-refractivity contribution in [2.45, 2.75) is 13.2 Å². The average Bonchev–Trinajstić information content (AvgIpc) is 3.13. The number of para-hydroxylation sites is 1. The lowest BCUT2D eigenvalue weighted by Gasteiger charge is -2.12. The second kappa shape index (κ2) is 7.61. The maximum atomic E-state index is 12.4. The van der Waals surface area contributed by atoms with E-state index in [2.05, 4.69) is 20.7 Å². The summed E-state index contributed by atoms with van der Waals surface area (Å²) in [5.41, 5.74) is 1.96. The molecule has 3 aromatic rings. The molecule has 122 valence electrons. The van der Waals surface area contributed by atoms with Crippen LogP contribution in [0.2, 0.25) is 5.02 Å². The Balaban J connectivity index is 1.68. The number of amides is 1. The topological polar surface area (TPSA) is 79.9 Å². The highest BCUT2D eigenvalue weighted by molar-refractivity contribution is 6.31. The van der Waals surface area contributed by atoms with Crippen LogP contribution in [0.3, 0.4) is 0 Å². The van der Waals surface area contributed by atoms with Gasteiger partial charge in [0.15, 0.2) is 0 Å². The summed E-state index contributed by atoms with van der Waals surface area (Å²) < 4.78 is 5.78. The van der Waals surface area contributed by atoms with Gasteiger partial charge in [-0.25, -0.2) is 0 Å². The molecule has 0 aliphatic carbocycles. The van der Waals surface area contributed by atoms with Crippen LogP contribution in [0.15, 0.2) is 54.7 Å². The van der Waals surface area contributed by atoms with Crippen LogP contribution in [0, 0.1) is 0 Å². The summed E-state index contributed by atoms with van der Waals surface area (Å²) in [6.45, 7) is 0.571. The van der Waals surface area contributed by atoms with E-state index in [1.807, 2.05) is 24.3 Å². The lowest BCUT2D eigenvalue weighted by Crippen LogP contribution is -2.23. The number of nitrogens with zero attached hydrogens (tertiary/aromatic N) is 2. The Morgan fingerprint density at radius 3 is 2.75 bits per heavy atom. The predicted octanol–water partition coefficient (Wildman–Crippen LogP) is 2.97. The smallest absolute Gasteiger partial charge is 0.255 e. The average molecular weight is 343 g/mol. The number of benzene rings is 2. The molecule has 0 spiro atoms. The van der Waals surface area contributed by atoms with Gasteiger partial charge in [-0.1, -0.05) is 41.9 Å². The molecule has 0 bridgehead atoms. The van der Waals surface area contributed by atoms with Gasteiger partial charge in [-0.15, -0.1) is 0 Å². The second-order valence-electron chi connectivity index (χ2n) is 5.02. The minimum absolute atomic E-state index is 0.243. The molecular weight excluding hydrogens is 328 g/mol. The van der Waals surface area contributed by atoms with Crippen molar-refractivity contribution in [3.05, 3.63) is 76.6 Å². The van der Waals surface area contributed by atoms with Crippen molar-refractivity contribution in [1.82, 2.24) is 20.7 Å². The van der Waals surface area contributed by atoms with Gasteiger partial charge < -0.3 is 10.1 Å². The van der Waals surface area contributed by atoms with E-state index in [4.69, 9.17) is 16.3 Å². The van der Waals surface area contributed by atoms with E-state index in [9.17, 15) is 4.79 Å². The minimum atomic E-state index is -0.243. The van der Waals surface area contributed by atoms with Crippen LogP contribution in [-0.2, 0) is 13.2 Å². The Kier molecular flexibility index (Phi) is 5.08. The van der Waals surface area contributed by atoms with Gasteiger partial charge in [0.2, 0.25) is 0 Å². The van der Waals surface area contributed by atoms with Gasteiger partial charge in [0.05, 0.1) is 18.3 Å². The van der Waals surface area contributed by atoms with Crippen LogP contribution >= 0.6 is 11.6 Å². The number of nitrogens with one attached hydrogen (secondary N) is 2. The van der Waals surface area contributed by atoms with Crippen molar-refractivity contribution in [2.75, 3.05) is 0 Å². The third kappa shape index (κ3) is 3.91. The maximum absolute atomic E-state index is 12.4. The number of carbonyl (C=O) groups is 1. The molecule has 2 N–H and O–H groups in total. The molecule has 0 fully saturated rings. The standard InChI is InChI=1S/C17H15ClN4O2/c18-15-7-3-1-5-12(15)11-24-16-8-4-2-6-14(16)17(23)19-9-13-10-20-22-21-13/h1-8,10H,9,11H2,(H,19,23)(H,20,21,22). The zero-order valence-corrected chi connectivity index (χ0v) is 13.5. The molecule has 0 aliphatic heterocycles. The van der Waals surface area contributed by atoms with Gasteiger partial charge in [-0.3, -0.25) is 4.79 Å². The van der Waals surface area contributed by atoms with E-state index >= 15 is 0 Å². The highest BCUT2D eigenvalue weighted by Crippen LogP contribution is 2.22. The molecule has 0 atom stereocenters. The van der Waals surface area contributed by atoms with E-state index in [-0.39, 0.29) is 19.1 Å². The van der Waals surface area contributed by atoms with E-state index in [0.717, 1.165) is 5.56 Å². The highest BCUT2D eigenvalue weighted by atomic mass is 35.5. The Labute approximate surface area is 143 Å². The summed E-state index contributed by atoms with van der Waals surface area (Å²) in [5.74, 6) is 0.253. The summed E-state index contributed by atoms with van der Waals surface area (Å²) in [7, 11) is 0. The fourth-order valence-corrected chi connectivity index (χ4v) is 2.32. The highest BCUT2D eigenvalue weighted by Gasteiger charge is 2.13. The van der Waals surface area contributed by atoms with Crippen LogP contribution in [0.5, 0.6) is 5.75 Å². The van der Waals surface area contributed by atoms with Crippen LogP contribution in [-0.4, -0.2) is 21.3 Å². The largest absolute Gasteiger partial charge is 0.488 e. The molecule has 0 unspecified atom stereocenters. The third-order valence-electron chi connectivity index (χ3n) is 3.37. The van der Waals surface area contributed by atoms with Gasteiger partial charge >= 0.3 is 0 Å². The van der Waals surface area contributed by atoms with Gasteiger partial charge in [0, 0.05) is 10.6 Å². The molecule has 0 saturated heterocycles. The van der Waals surface area contributed by atoms with E-state index in [0.29, 0.717) is 22.0 Å². The molecule has 2 aromatic carbocycles. The number of halogens is 1. The first-order valence-electron chi connectivity index (χ1n) is 7.32. The van der Waals surface area contributed by atoms with Gasteiger partial charge in [0.25, 0.3) is 5.91 Å². The zero-order chi connectivity index (χ0) is 16.8. The Morgan fingerprint density at radius 1 is 1.17 bits per heavy atom. The van der Waals surface area contributed by atoms with Crippen LogP contribution in [0.4, 0.5) is 0 Å². The molecule has 0 saturated carbocycles. The lowest BCUT2D eigenvalue weighted by atomic mass is 10.2. The number of rotatable bonds is 6. The van der Waals surface area contributed by atoms with E-state index < -0.39 is 0 Å². The van der Waals surface area contributed by atoms with Gasteiger partial charge in [-0.2, -0.15) is 15.4 Å². The summed E-state index contributed by atoms with van der Waals surface area (Å²) in [6.07, 6.45) is 1.56. The number of H-pyrrole nitrogens is 1. The van der Waals surface area contributed by atoms with E-state index in [1.165, 1.54) is 0 Å². The number of hydrogen-bond acceptors (Lipinski definition) is 4. The zero-order valence-electron chi connectivity index (χ0n) is 12.7. The number of hydrogen-bond donors (Lipinski definition) is 2. The monoisotopic (exact) mass is 342 g/mol. The molecule has 1 aromatic heterocycles. The first kappa shape index (κ1) is 16.0. The van der Waals surface area contributed by atoms with Crippen LogP contribution in [0.25, 0.3) is 0 Å². The minimum Gasteiger partial charge on any atom is -0.488 e. The lowest BCUT2D eigenvalue weighted by molar-refractivity contribution is 0.0946. The normalized spacial score (nSPS) is 10.4. The Hall–Kier alpha value is -2.86. The fraction of sp³-hybridized carbons (Fsp3) is 0.118. The first-order chi connectivity index (χ1) is 11.7. The molecule has 3 rings (SSSR count). The Morgan fingerprint density at radius 2 is 1.96 bits per heavy atom. The molecule has 0 radical (unpaired) electrons. The Bertz CT molecular complexity index is 821. The van der Waals surface area contributed by atoms with Crippen LogP contribution < -0.4 is 10.1 Å². The first-order valence-corrected chi connectivity index (χ1v) is 7.70. The predicted molar refractivity (Wildman–Crippen MR) is 89.8 cm³/mol. The van der Waals surface area contributed by atoms with Crippen molar-refractivity contribution in [1.29, 1.82) is 0 Å². The van der Waals surface area contributed by atoms with Crippen molar-refractivity contribution in [3.8, 4) is 5.75 Å². The summed E-state index contributed by atoms with van der Waals surface area (Å²) >= 11 is 6.12. The summed E-state index contributed by atoms with van der Waals surface area (Å²) in [4.78, 5) is 12.4. The SMILES string of the molecule is O=C(NCc1cn[nH]n1)c1ccccc1OCc1ccccc1Cl. The number of ether oxygens (including phenoxy) is 1. The van der Waals surface area contributed by atoms with Gasteiger partial charge in [0.1, 0.15) is 18.1 Å². The van der Waals surface area contributed by atoms with Crippen molar-refractivity contribution in [2.24, 2.45) is 0 Å². The molecule has 0 aliphatic rings. The maximum Gasteiger partial charge on any atom is 0.255 e. The van der Waals surface area contributed by atoms with Crippen LogP contribution in [0.1, 0.15) is 21.6 Å². The van der Waals surface area contributed by atoms with Crippen molar-refractivity contribution < 1.29 is 9.53 Å². The third-order valence-corrected chi connectivity index (χ3v) is 3.74. The number of carbonyl (C=O) groups excluding carboxylic acids is 1. The molecule has 1 heterocycles. The molecule has 1 amide bonds. The molecule has 6 nitrogen and oxygen atoms in total. The molecule has 24 heavy (non-hydrogen) atoms. The summed E-state index contributed by atoms with van der Waals surface area (Å²) in [6, 6.07) is 14.5. The van der Waals surface area contributed by atoms with Gasteiger partial charge in [-0.05, 0) is 18.2 Å². The number of aromatic nitrogens is 3. The quantitative estimate of drug-likeness (QED) is 0.721. The molecular formula is C17H15ClN4O2. The number of aromatic amines is 1. The fourth-order valence-electron chi connectivity index (χ4n) is 2.13. The summed E-state index contributed by atoms with van der Waals surface area (Å²) in [5, 5.41) is 13.5. The molecule has 7 heteroatoms. The van der Waals surface area contributed by atoms with Crippen molar-refractivity contribution in [3.63, 3.8) is 0 Å². The van der Waals surface area contributed by atoms with Crippen molar-refractivity contribution >= 4 is 17.5 Å². The second-order valence-corrected chi connectivity index (χ2v) is 5.43.